The van der Waals surface area contributed by atoms with Crippen LogP contribution < -0.4 is 10.6 Å². The lowest BCUT2D eigenvalue weighted by Crippen LogP contribution is -2.44. The number of nitrogens with zero attached hydrogens (tertiary/aromatic N) is 1. The van der Waals surface area contributed by atoms with Crippen molar-refractivity contribution in [1.29, 1.82) is 0 Å². The minimum Gasteiger partial charge on any atom is -0.450 e. The van der Waals surface area contributed by atoms with Crippen LogP contribution >= 0.6 is 0 Å². The molecule has 1 aliphatic heterocycles. The first-order valence-corrected chi connectivity index (χ1v) is 12.3. The number of carbonyl (C=O) groups excluding carboxylic acids is 2. The van der Waals surface area contributed by atoms with E-state index < -0.39 is 18.7 Å². The van der Waals surface area contributed by atoms with Gasteiger partial charge in [0, 0.05) is 19.1 Å². The van der Waals surface area contributed by atoms with E-state index in [1.54, 1.807) is 0 Å². The Bertz CT molecular complexity index is 662. The second kappa shape index (κ2) is 13.2. The molecule has 3 rings (SSSR count). The summed E-state index contributed by atoms with van der Waals surface area (Å²) in [6.07, 6.45) is 9.18. The minimum absolute atomic E-state index is 0.152. The van der Waals surface area contributed by atoms with E-state index in [1.807, 2.05) is 0 Å². The molecule has 2 bridgehead atoms. The second-order valence-corrected chi connectivity index (χ2v) is 9.16. The summed E-state index contributed by atoms with van der Waals surface area (Å²) < 4.78 is 5.13. The van der Waals surface area contributed by atoms with Crippen molar-refractivity contribution in [3.8, 4) is 0 Å². The summed E-state index contributed by atoms with van der Waals surface area (Å²) in [6.45, 7) is 1.66. The molecule has 0 aromatic carbocycles. The molecule has 0 aromatic rings. The molecule has 10 nitrogen and oxygen atoms in total. The van der Waals surface area contributed by atoms with Gasteiger partial charge in [0.05, 0.1) is 12.5 Å². The molecule has 33 heavy (non-hydrogen) atoms. The molecule has 1 saturated heterocycles. The molecule has 6 unspecified atom stereocenters. The Labute approximate surface area is 195 Å². The normalized spacial score (nSPS) is 28.4. The van der Waals surface area contributed by atoms with Crippen LogP contribution in [-0.4, -0.2) is 71.3 Å². The number of carbonyl (C=O) groups is 2. The van der Waals surface area contributed by atoms with Gasteiger partial charge in [-0.2, -0.15) is 5.06 Å². The number of aliphatic hydroxyl groups is 3. The van der Waals surface area contributed by atoms with Crippen LogP contribution in [0.2, 0.25) is 0 Å². The summed E-state index contributed by atoms with van der Waals surface area (Å²) in [7, 11) is 0. The van der Waals surface area contributed by atoms with E-state index in [4.69, 9.17) is 14.7 Å². The Kier molecular flexibility index (Phi) is 10.4. The van der Waals surface area contributed by atoms with Gasteiger partial charge < -0.3 is 25.4 Å². The number of aliphatic hydroxyl groups excluding tert-OH is 3. The molecule has 1 saturated carbocycles. The lowest BCUT2D eigenvalue weighted by Gasteiger charge is -2.26. The molecule has 188 valence electrons. The third kappa shape index (κ3) is 7.13. The number of amides is 2. The summed E-state index contributed by atoms with van der Waals surface area (Å²) >= 11 is 0. The fourth-order valence-corrected chi connectivity index (χ4v) is 5.11. The van der Waals surface area contributed by atoms with Crippen molar-refractivity contribution in [2.45, 2.75) is 70.4 Å². The topological polar surface area (TPSA) is 141 Å². The zero-order valence-electron chi connectivity index (χ0n) is 19.2. The van der Waals surface area contributed by atoms with Crippen molar-refractivity contribution in [2.75, 3.05) is 26.3 Å². The van der Waals surface area contributed by atoms with Gasteiger partial charge in [-0.05, 0) is 50.5 Å². The summed E-state index contributed by atoms with van der Waals surface area (Å²) in [5, 5.41) is 35.7. The largest absolute Gasteiger partial charge is 0.450 e. The molecule has 6 atom stereocenters. The molecule has 2 amide bonds. The SMILES string of the molecule is O=C(NCCCCCCO)OCCCCCCNC(O)ON1C(=O)C2C3C=CC(C3)C2C1O. The fraction of sp³-hybridized carbons (Fsp3) is 0.826. The highest BCUT2D eigenvalue weighted by Crippen LogP contribution is 2.54. The van der Waals surface area contributed by atoms with Crippen LogP contribution in [0.3, 0.4) is 0 Å². The van der Waals surface area contributed by atoms with Gasteiger partial charge in [0.1, 0.15) is 0 Å². The van der Waals surface area contributed by atoms with E-state index in [9.17, 15) is 19.8 Å². The van der Waals surface area contributed by atoms with Crippen LogP contribution in [0.1, 0.15) is 57.8 Å². The number of nitrogens with one attached hydrogen (secondary N) is 2. The predicted molar refractivity (Wildman–Crippen MR) is 119 cm³/mol. The molecule has 3 aliphatic rings. The molecule has 2 aliphatic carbocycles. The van der Waals surface area contributed by atoms with E-state index in [0.29, 0.717) is 19.7 Å². The average Bonchev–Trinajstić information content (AvgIpc) is 3.48. The van der Waals surface area contributed by atoms with Gasteiger partial charge in [-0.3, -0.25) is 10.1 Å². The van der Waals surface area contributed by atoms with E-state index in [2.05, 4.69) is 22.8 Å². The molecule has 0 aromatic heterocycles. The average molecular weight is 470 g/mol. The van der Waals surface area contributed by atoms with E-state index in [-0.39, 0.29) is 36.2 Å². The zero-order chi connectivity index (χ0) is 23.6. The van der Waals surface area contributed by atoms with Crippen molar-refractivity contribution in [3.63, 3.8) is 0 Å². The predicted octanol–water partition coefficient (Wildman–Crippen LogP) is 1.22. The molecule has 1 heterocycles. The smallest absolute Gasteiger partial charge is 0.407 e. The Balaban J connectivity index is 1.15. The molecule has 2 fully saturated rings. The van der Waals surface area contributed by atoms with Crippen LogP contribution in [0.5, 0.6) is 0 Å². The van der Waals surface area contributed by atoms with Gasteiger partial charge in [-0.15, -0.1) is 0 Å². The van der Waals surface area contributed by atoms with Crippen molar-refractivity contribution >= 4 is 12.0 Å². The van der Waals surface area contributed by atoms with Crippen molar-refractivity contribution in [2.24, 2.45) is 23.7 Å². The molecule has 0 spiro atoms. The lowest BCUT2D eigenvalue weighted by molar-refractivity contribution is -0.299. The highest BCUT2D eigenvalue weighted by atomic mass is 16.8. The number of ether oxygens (including phenoxy) is 1. The Hall–Kier alpha value is -1.72. The molecule has 10 heteroatoms. The standard InChI is InChI=1S/C23H39N3O7/c27-13-7-3-1-5-11-24-22(30)32-14-8-4-2-6-12-25-23(31)33-26-20(28)18-16-9-10-17(15-16)19(18)21(26)29/h9-10,16-20,23,25,27-28,31H,1-8,11-15H2,(H,24,30). The number of unbranched alkanes of at least 4 members (excludes halogenated alkanes) is 6. The highest BCUT2D eigenvalue weighted by Gasteiger charge is 2.60. The quantitative estimate of drug-likeness (QED) is 0.129. The molecule has 0 radical (unpaired) electrons. The lowest BCUT2D eigenvalue weighted by atomic mass is 9.85. The maximum Gasteiger partial charge on any atom is 0.407 e. The highest BCUT2D eigenvalue weighted by molar-refractivity contribution is 5.82. The number of hydroxylamine groups is 2. The Morgan fingerprint density at radius 2 is 1.76 bits per heavy atom. The van der Waals surface area contributed by atoms with E-state index in [0.717, 1.165) is 62.9 Å². The van der Waals surface area contributed by atoms with Gasteiger partial charge in [-0.25, -0.2) is 9.63 Å². The second-order valence-electron chi connectivity index (χ2n) is 9.16. The van der Waals surface area contributed by atoms with Crippen LogP contribution in [0.25, 0.3) is 0 Å². The first-order valence-electron chi connectivity index (χ1n) is 12.3. The summed E-state index contributed by atoms with van der Waals surface area (Å²) in [5.74, 6) is -0.284. The van der Waals surface area contributed by atoms with E-state index in [1.165, 1.54) is 0 Å². The number of alkyl carbamates (subject to hydrolysis) is 1. The van der Waals surface area contributed by atoms with Gasteiger partial charge in [0.15, 0.2) is 6.23 Å². The number of fused-ring (bicyclic) bond motifs is 5. The number of rotatable bonds is 16. The Morgan fingerprint density at radius 1 is 1.06 bits per heavy atom. The summed E-state index contributed by atoms with van der Waals surface area (Å²) in [4.78, 5) is 29.4. The third-order valence-electron chi connectivity index (χ3n) is 6.80. The Morgan fingerprint density at radius 3 is 2.52 bits per heavy atom. The zero-order valence-corrected chi connectivity index (χ0v) is 19.2. The van der Waals surface area contributed by atoms with E-state index >= 15 is 0 Å². The number of hydrogen-bond donors (Lipinski definition) is 5. The summed E-state index contributed by atoms with van der Waals surface area (Å²) in [6, 6.07) is 0. The van der Waals surface area contributed by atoms with Gasteiger partial charge in [0.25, 0.3) is 5.91 Å². The van der Waals surface area contributed by atoms with Crippen molar-refractivity contribution in [1.82, 2.24) is 15.7 Å². The maximum absolute atomic E-state index is 12.6. The monoisotopic (exact) mass is 469 g/mol. The maximum atomic E-state index is 12.6. The third-order valence-corrected chi connectivity index (χ3v) is 6.80. The number of allylic oxidation sites excluding steroid dienone is 2. The fourth-order valence-electron chi connectivity index (χ4n) is 5.11. The van der Waals surface area contributed by atoms with Crippen LogP contribution in [0, 0.1) is 23.7 Å². The van der Waals surface area contributed by atoms with Crippen LogP contribution in [-0.2, 0) is 14.4 Å². The van der Waals surface area contributed by atoms with Crippen LogP contribution in [0.15, 0.2) is 12.2 Å². The number of hydrogen-bond acceptors (Lipinski definition) is 8. The van der Waals surface area contributed by atoms with Crippen molar-refractivity contribution < 1.29 is 34.5 Å². The van der Waals surface area contributed by atoms with Crippen LogP contribution in [0.4, 0.5) is 4.79 Å². The summed E-state index contributed by atoms with van der Waals surface area (Å²) in [5.41, 5.74) is 0. The van der Waals surface area contributed by atoms with Gasteiger partial charge >= 0.3 is 6.09 Å². The molecule has 5 N–H and O–H groups in total. The van der Waals surface area contributed by atoms with Crippen molar-refractivity contribution in [3.05, 3.63) is 12.2 Å². The first-order chi connectivity index (χ1) is 16.0. The molecular formula is C23H39N3O7. The van der Waals surface area contributed by atoms with Gasteiger partial charge in [-0.1, -0.05) is 37.8 Å². The van der Waals surface area contributed by atoms with Gasteiger partial charge in [0.2, 0.25) is 6.41 Å². The first kappa shape index (κ1) is 25.9. The molecular weight excluding hydrogens is 430 g/mol. The minimum atomic E-state index is -1.36.